The molecule has 0 atom stereocenters. The van der Waals surface area contributed by atoms with Crippen molar-refractivity contribution in [2.24, 2.45) is 16.6 Å². The Morgan fingerprint density at radius 1 is 1.25 bits per heavy atom. The molecule has 0 unspecified atom stereocenters. The number of alkyl halides is 2. The molecule has 0 aliphatic rings. The molecule has 0 fully saturated rings. The van der Waals surface area contributed by atoms with E-state index < -0.39 is 6.61 Å². The molecule has 7 nitrogen and oxygen atoms in total. The number of ether oxygens (including phenoxy) is 3. The van der Waals surface area contributed by atoms with Crippen LogP contribution in [-0.2, 0) is 0 Å². The number of benzene rings is 1. The van der Waals surface area contributed by atoms with Gasteiger partial charge in [-0.1, -0.05) is 0 Å². The van der Waals surface area contributed by atoms with Gasteiger partial charge in [0.15, 0.2) is 11.5 Å². The first-order valence-corrected chi connectivity index (χ1v) is 5.36. The standard InChI is InChI=1S/C11H14F2N4O3/c1-18-7-3-6(5-16-17-11(14)15)4-8(19-2)9(7)20-10(12)13/h3-5,10H,1-2H3,(H4,14,15,17)/p+1/b16-5+. The van der Waals surface area contributed by atoms with E-state index in [0.29, 0.717) is 5.56 Å². The molecule has 20 heavy (non-hydrogen) atoms. The minimum Gasteiger partial charge on any atom is -0.493 e. The summed E-state index contributed by atoms with van der Waals surface area (Å²) in [4.78, 5) is 0. The zero-order valence-corrected chi connectivity index (χ0v) is 10.9. The number of nitrogens with two attached hydrogens (primary N) is 2. The third kappa shape index (κ3) is 4.26. The molecular weight excluding hydrogens is 274 g/mol. The highest BCUT2D eigenvalue weighted by Crippen LogP contribution is 2.38. The smallest absolute Gasteiger partial charge is 0.387 e. The quantitative estimate of drug-likeness (QED) is 0.353. The maximum absolute atomic E-state index is 12.3. The number of halogens is 2. The van der Waals surface area contributed by atoms with Crippen LogP contribution in [0, 0.1) is 0 Å². The summed E-state index contributed by atoms with van der Waals surface area (Å²) in [5.41, 5.74) is 10.8. The first-order valence-electron chi connectivity index (χ1n) is 5.36. The summed E-state index contributed by atoms with van der Waals surface area (Å²) in [5.74, 6) is -0.174. The highest BCUT2D eigenvalue weighted by atomic mass is 19.3. The number of hydrogen-bond donors (Lipinski definition) is 3. The van der Waals surface area contributed by atoms with Gasteiger partial charge in [-0.25, -0.2) is 0 Å². The van der Waals surface area contributed by atoms with Crippen LogP contribution in [0.3, 0.4) is 0 Å². The minimum atomic E-state index is -2.99. The van der Waals surface area contributed by atoms with Crippen molar-refractivity contribution in [1.29, 1.82) is 0 Å². The number of methoxy groups -OCH3 is 2. The Hall–Kier alpha value is -2.58. The van der Waals surface area contributed by atoms with Crippen molar-refractivity contribution in [2.75, 3.05) is 14.2 Å². The molecule has 1 rings (SSSR count). The third-order valence-electron chi connectivity index (χ3n) is 2.11. The number of rotatable bonds is 6. The van der Waals surface area contributed by atoms with Crippen molar-refractivity contribution in [3.05, 3.63) is 17.7 Å². The lowest BCUT2D eigenvalue weighted by Crippen LogP contribution is -2.63. The molecule has 1 aromatic rings. The Morgan fingerprint density at radius 3 is 2.20 bits per heavy atom. The summed E-state index contributed by atoms with van der Waals surface area (Å²) >= 11 is 0. The van der Waals surface area contributed by atoms with E-state index in [-0.39, 0.29) is 23.2 Å². The van der Waals surface area contributed by atoms with Gasteiger partial charge in [0.2, 0.25) is 12.0 Å². The van der Waals surface area contributed by atoms with Gasteiger partial charge in [-0.2, -0.15) is 8.78 Å². The van der Waals surface area contributed by atoms with Gasteiger partial charge in [0, 0.05) is 10.7 Å². The lowest BCUT2D eigenvalue weighted by molar-refractivity contribution is -0.456. The van der Waals surface area contributed by atoms with Crippen LogP contribution < -0.4 is 30.8 Å². The normalized spacial score (nSPS) is 10.7. The average Bonchev–Trinajstić information content (AvgIpc) is 2.38. The van der Waals surface area contributed by atoms with E-state index in [9.17, 15) is 8.78 Å². The van der Waals surface area contributed by atoms with E-state index in [1.54, 1.807) is 0 Å². The maximum Gasteiger partial charge on any atom is 0.387 e. The fourth-order valence-electron chi connectivity index (χ4n) is 1.37. The Balaban J connectivity index is 3.18. The second-order valence-corrected chi connectivity index (χ2v) is 3.44. The van der Waals surface area contributed by atoms with Crippen LogP contribution >= 0.6 is 0 Å². The molecule has 0 amide bonds. The molecule has 0 radical (unpaired) electrons. The monoisotopic (exact) mass is 289 g/mol. The van der Waals surface area contributed by atoms with Crippen LogP contribution in [0.15, 0.2) is 17.2 Å². The summed E-state index contributed by atoms with van der Waals surface area (Å²) in [6.45, 7) is -2.99. The summed E-state index contributed by atoms with van der Waals surface area (Å²) < 4.78 is 39.0. The van der Waals surface area contributed by atoms with Crippen LogP contribution in [0.4, 0.5) is 8.78 Å². The first-order chi connectivity index (χ1) is 9.47. The molecule has 9 heteroatoms. The van der Waals surface area contributed by atoms with Crippen molar-refractivity contribution >= 4 is 12.2 Å². The third-order valence-corrected chi connectivity index (χ3v) is 2.11. The molecule has 0 aliphatic heterocycles. The molecule has 0 heterocycles. The van der Waals surface area contributed by atoms with Crippen molar-refractivity contribution < 1.29 is 28.1 Å². The van der Waals surface area contributed by atoms with Gasteiger partial charge in [0.25, 0.3) is 5.96 Å². The summed E-state index contributed by atoms with van der Waals surface area (Å²) in [5, 5.41) is 6.01. The number of hydrogen-bond acceptors (Lipinski definition) is 4. The molecule has 5 N–H and O–H groups in total. The van der Waals surface area contributed by atoms with Crippen molar-refractivity contribution in [1.82, 2.24) is 0 Å². The second-order valence-electron chi connectivity index (χ2n) is 3.44. The zero-order chi connectivity index (χ0) is 15.1. The van der Waals surface area contributed by atoms with E-state index in [1.807, 2.05) is 0 Å². The van der Waals surface area contributed by atoms with E-state index >= 15 is 0 Å². The minimum absolute atomic E-state index is 0.0856. The Morgan fingerprint density at radius 2 is 1.80 bits per heavy atom. The van der Waals surface area contributed by atoms with E-state index in [2.05, 4.69) is 14.9 Å². The van der Waals surface area contributed by atoms with Gasteiger partial charge in [0.1, 0.15) is 0 Å². The zero-order valence-electron chi connectivity index (χ0n) is 10.9. The number of nitrogens with zero attached hydrogens (tertiary/aromatic N) is 1. The Labute approximate surface area is 113 Å². The molecule has 1 aromatic carbocycles. The van der Waals surface area contributed by atoms with Gasteiger partial charge in [-0.05, 0) is 12.1 Å². The fourth-order valence-corrected chi connectivity index (χ4v) is 1.37. The Kier molecular flexibility index (Phi) is 5.51. The molecule has 0 bridgehead atoms. The van der Waals surface area contributed by atoms with Gasteiger partial charge >= 0.3 is 6.61 Å². The lowest BCUT2D eigenvalue weighted by Gasteiger charge is -2.13. The molecule has 0 saturated heterocycles. The molecule has 0 saturated carbocycles. The largest absolute Gasteiger partial charge is 0.493 e. The molecule has 110 valence electrons. The van der Waals surface area contributed by atoms with Gasteiger partial charge in [-0.15, -0.1) is 5.10 Å². The Bertz CT molecular complexity index is 491. The van der Waals surface area contributed by atoms with Crippen LogP contribution in [0.2, 0.25) is 0 Å². The van der Waals surface area contributed by atoms with E-state index in [4.69, 9.17) is 20.9 Å². The second kappa shape index (κ2) is 7.12. The average molecular weight is 289 g/mol. The van der Waals surface area contributed by atoms with E-state index in [0.717, 1.165) is 0 Å². The topological polar surface area (TPSA) is 106 Å². The summed E-state index contributed by atoms with van der Waals surface area (Å²) in [6.07, 6.45) is 1.43. The van der Waals surface area contributed by atoms with Crippen LogP contribution in [0.5, 0.6) is 17.2 Å². The van der Waals surface area contributed by atoms with Gasteiger partial charge in [0.05, 0.1) is 14.2 Å². The van der Waals surface area contributed by atoms with Gasteiger partial charge < -0.3 is 25.7 Å². The summed E-state index contributed by atoms with van der Waals surface area (Å²) in [6, 6.07) is 2.91. The van der Waals surface area contributed by atoms with Crippen molar-refractivity contribution in [3.8, 4) is 17.2 Å². The number of hydrazone groups is 1. The van der Waals surface area contributed by atoms with Gasteiger partial charge in [-0.3, -0.25) is 0 Å². The molecular formula is C11H15F2N4O3+. The van der Waals surface area contributed by atoms with Crippen LogP contribution in [0.1, 0.15) is 5.56 Å². The van der Waals surface area contributed by atoms with Crippen molar-refractivity contribution in [3.63, 3.8) is 0 Å². The molecule has 0 aromatic heterocycles. The number of guanidine groups is 1. The maximum atomic E-state index is 12.3. The number of nitrogens with one attached hydrogen (secondary N) is 1. The predicted octanol–water partition coefficient (Wildman–Crippen LogP) is -1.01. The molecule has 0 spiro atoms. The van der Waals surface area contributed by atoms with Crippen LogP contribution in [-0.4, -0.2) is 33.0 Å². The fraction of sp³-hybridized carbons (Fsp3) is 0.273. The SMILES string of the molecule is COc1cc(/C=[NH+]/N=C(N)N)cc(OC)c1OC(F)F. The van der Waals surface area contributed by atoms with Crippen molar-refractivity contribution in [2.45, 2.75) is 6.61 Å². The highest BCUT2D eigenvalue weighted by Gasteiger charge is 2.18. The first kappa shape index (κ1) is 15.5. The lowest BCUT2D eigenvalue weighted by atomic mass is 10.2. The van der Waals surface area contributed by atoms with Crippen LogP contribution in [0.25, 0.3) is 0 Å². The summed E-state index contributed by atoms with van der Waals surface area (Å²) in [7, 11) is 2.64. The highest BCUT2D eigenvalue weighted by molar-refractivity contribution is 5.79. The van der Waals surface area contributed by atoms with E-state index in [1.165, 1.54) is 32.6 Å². The molecule has 0 aliphatic carbocycles. The predicted molar refractivity (Wildman–Crippen MR) is 68.1 cm³/mol.